The third kappa shape index (κ3) is 2.10. The van der Waals surface area contributed by atoms with Gasteiger partial charge in [0.2, 0.25) is 5.91 Å². The Morgan fingerprint density at radius 2 is 2.15 bits per heavy atom. The van der Waals surface area contributed by atoms with Crippen molar-refractivity contribution in [2.45, 2.75) is 44.3 Å². The number of carbonyl (C=O) groups excluding carboxylic acids is 1. The van der Waals surface area contributed by atoms with Gasteiger partial charge in [-0.15, -0.1) is 0 Å². The highest BCUT2D eigenvalue weighted by Gasteiger charge is 2.59. The van der Waals surface area contributed by atoms with E-state index in [1.165, 1.54) is 12.1 Å². The number of unbranched alkanes of at least 4 members (excludes halogenated alkanes) is 1. The Morgan fingerprint density at radius 3 is 2.75 bits per heavy atom. The summed E-state index contributed by atoms with van der Waals surface area (Å²) in [5.74, 6) is -1.15. The van der Waals surface area contributed by atoms with Gasteiger partial charge in [-0.25, -0.2) is 8.78 Å². The zero-order valence-corrected chi connectivity index (χ0v) is 11.5. The lowest BCUT2D eigenvalue weighted by atomic mass is 10.1. The van der Waals surface area contributed by atoms with Crippen LogP contribution in [-0.2, 0) is 4.79 Å². The Hall–Kier alpha value is -1.49. The Bertz CT molecular complexity index is 543. The first-order valence-electron chi connectivity index (χ1n) is 7.11. The van der Waals surface area contributed by atoms with Crippen molar-refractivity contribution in [2.24, 2.45) is 0 Å². The smallest absolute Gasteiger partial charge is 0.244 e. The van der Waals surface area contributed by atoms with Crippen LogP contribution in [-0.4, -0.2) is 22.9 Å². The summed E-state index contributed by atoms with van der Waals surface area (Å²) in [7, 11) is 0. The molecule has 0 radical (unpaired) electrons. The molecule has 1 N–H and O–H groups in total. The van der Waals surface area contributed by atoms with Crippen LogP contribution in [0.1, 0.15) is 44.3 Å². The molecule has 1 aliphatic heterocycles. The van der Waals surface area contributed by atoms with Crippen LogP contribution in [0.15, 0.2) is 18.2 Å². The molecular formula is C15H18F2N2O. The van der Waals surface area contributed by atoms with Gasteiger partial charge in [0, 0.05) is 18.2 Å². The van der Waals surface area contributed by atoms with E-state index in [-0.39, 0.29) is 5.91 Å². The number of carbonyl (C=O) groups is 1. The van der Waals surface area contributed by atoms with Gasteiger partial charge in [0.1, 0.15) is 23.3 Å². The second-order valence-corrected chi connectivity index (χ2v) is 5.65. The molecule has 1 spiro atoms. The maximum Gasteiger partial charge on any atom is 0.244 e. The van der Waals surface area contributed by atoms with E-state index < -0.39 is 23.3 Å². The zero-order valence-electron chi connectivity index (χ0n) is 11.5. The van der Waals surface area contributed by atoms with Crippen LogP contribution in [0.2, 0.25) is 0 Å². The van der Waals surface area contributed by atoms with Crippen LogP contribution in [0.25, 0.3) is 0 Å². The molecule has 108 valence electrons. The number of amides is 1. The van der Waals surface area contributed by atoms with Crippen LogP contribution < -0.4 is 5.32 Å². The van der Waals surface area contributed by atoms with E-state index in [0.717, 1.165) is 31.7 Å². The zero-order chi connectivity index (χ0) is 14.3. The van der Waals surface area contributed by atoms with Crippen LogP contribution in [0, 0.1) is 11.6 Å². The van der Waals surface area contributed by atoms with E-state index in [0.29, 0.717) is 12.1 Å². The second kappa shape index (κ2) is 4.81. The minimum atomic E-state index is -0.602. The van der Waals surface area contributed by atoms with Crippen molar-refractivity contribution >= 4 is 5.91 Å². The fourth-order valence-corrected chi connectivity index (χ4v) is 2.80. The number of hydrogen-bond donors (Lipinski definition) is 1. The lowest BCUT2D eigenvalue weighted by Crippen LogP contribution is -2.33. The molecule has 1 aliphatic carbocycles. The third-order valence-electron chi connectivity index (χ3n) is 4.15. The SMILES string of the molecule is CCCCN1C(=O)C2(CC2)NC1c1ccc(F)cc1F. The molecule has 1 atom stereocenters. The summed E-state index contributed by atoms with van der Waals surface area (Å²) in [6, 6.07) is 3.54. The maximum absolute atomic E-state index is 14.0. The highest BCUT2D eigenvalue weighted by molar-refractivity contribution is 5.92. The summed E-state index contributed by atoms with van der Waals surface area (Å²) in [6.07, 6.45) is 2.97. The quantitative estimate of drug-likeness (QED) is 0.919. The lowest BCUT2D eigenvalue weighted by molar-refractivity contribution is -0.130. The van der Waals surface area contributed by atoms with Crippen molar-refractivity contribution in [3.05, 3.63) is 35.4 Å². The average molecular weight is 280 g/mol. The molecule has 2 fully saturated rings. The minimum absolute atomic E-state index is 0.0553. The van der Waals surface area contributed by atoms with Crippen LogP contribution in [0.5, 0.6) is 0 Å². The standard InChI is InChI=1S/C15H18F2N2O/c1-2-3-8-19-13(18-15(6-7-15)14(19)20)11-5-4-10(16)9-12(11)17/h4-5,9,13,18H,2-3,6-8H2,1H3. The number of nitrogens with one attached hydrogen (secondary N) is 1. The molecule has 3 nitrogen and oxygen atoms in total. The second-order valence-electron chi connectivity index (χ2n) is 5.65. The van der Waals surface area contributed by atoms with Gasteiger partial charge in [0.25, 0.3) is 0 Å². The fraction of sp³-hybridized carbons (Fsp3) is 0.533. The molecule has 1 unspecified atom stereocenters. The van der Waals surface area contributed by atoms with E-state index in [1.54, 1.807) is 4.90 Å². The van der Waals surface area contributed by atoms with Crippen molar-refractivity contribution < 1.29 is 13.6 Å². The Morgan fingerprint density at radius 1 is 1.40 bits per heavy atom. The highest BCUT2D eigenvalue weighted by Crippen LogP contribution is 2.46. The van der Waals surface area contributed by atoms with Gasteiger partial charge in [-0.3, -0.25) is 10.1 Å². The third-order valence-corrected chi connectivity index (χ3v) is 4.15. The largest absolute Gasteiger partial charge is 0.321 e. The predicted octanol–water partition coefficient (Wildman–Crippen LogP) is 2.73. The van der Waals surface area contributed by atoms with E-state index in [9.17, 15) is 13.6 Å². The molecule has 20 heavy (non-hydrogen) atoms. The van der Waals surface area contributed by atoms with Gasteiger partial charge in [-0.05, 0) is 31.4 Å². The summed E-state index contributed by atoms with van der Waals surface area (Å²) < 4.78 is 27.0. The van der Waals surface area contributed by atoms with Crippen LogP contribution in [0.4, 0.5) is 8.78 Å². The van der Waals surface area contributed by atoms with E-state index >= 15 is 0 Å². The fourth-order valence-electron chi connectivity index (χ4n) is 2.80. The molecule has 0 bridgehead atoms. The van der Waals surface area contributed by atoms with Crippen molar-refractivity contribution in [1.29, 1.82) is 0 Å². The van der Waals surface area contributed by atoms with Crippen molar-refractivity contribution in [2.75, 3.05) is 6.54 Å². The van der Waals surface area contributed by atoms with Gasteiger partial charge >= 0.3 is 0 Å². The summed E-state index contributed by atoms with van der Waals surface area (Å²) in [6.45, 7) is 2.65. The molecule has 1 saturated carbocycles. The Balaban J connectivity index is 1.91. The normalized spacial score (nSPS) is 23.6. The topological polar surface area (TPSA) is 32.3 Å². The van der Waals surface area contributed by atoms with Crippen LogP contribution in [0.3, 0.4) is 0 Å². The average Bonchev–Trinajstić information content (AvgIpc) is 3.13. The molecule has 5 heteroatoms. The first-order chi connectivity index (χ1) is 9.57. The molecular weight excluding hydrogens is 262 g/mol. The number of halogens is 2. The van der Waals surface area contributed by atoms with Gasteiger partial charge in [0.05, 0.1) is 0 Å². The molecule has 3 rings (SSSR count). The molecule has 1 amide bonds. The summed E-state index contributed by atoms with van der Waals surface area (Å²) >= 11 is 0. The molecule has 1 aromatic rings. The summed E-state index contributed by atoms with van der Waals surface area (Å²) in [5.41, 5.74) is -0.140. The van der Waals surface area contributed by atoms with Crippen LogP contribution >= 0.6 is 0 Å². The van der Waals surface area contributed by atoms with Gasteiger partial charge in [0.15, 0.2) is 0 Å². The van der Waals surface area contributed by atoms with Crippen molar-refractivity contribution in [1.82, 2.24) is 10.2 Å². The Kier molecular flexibility index (Phi) is 3.24. The van der Waals surface area contributed by atoms with E-state index in [4.69, 9.17) is 0 Å². The first-order valence-corrected chi connectivity index (χ1v) is 7.11. The molecule has 2 aliphatic rings. The maximum atomic E-state index is 14.0. The predicted molar refractivity (Wildman–Crippen MR) is 70.8 cm³/mol. The molecule has 0 aromatic heterocycles. The van der Waals surface area contributed by atoms with Gasteiger partial charge in [-0.2, -0.15) is 0 Å². The Labute approximate surface area is 117 Å². The minimum Gasteiger partial charge on any atom is -0.321 e. The first kappa shape index (κ1) is 13.5. The molecule has 1 saturated heterocycles. The van der Waals surface area contributed by atoms with Gasteiger partial charge in [-0.1, -0.05) is 13.3 Å². The number of nitrogens with zero attached hydrogens (tertiary/aromatic N) is 1. The monoisotopic (exact) mass is 280 g/mol. The summed E-state index contributed by atoms with van der Waals surface area (Å²) in [5, 5.41) is 3.24. The number of hydrogen-bond acceptors (Lipinski definition) is 2. The van der Waals surface area contributed by atoms with Crippen molar-refractivity contribution in [3.63, 3.8) is 0 Å². The van der Waals surface area contributed by atoms with Crippen molar-refractivity contribution in [3.8, 4) is 0 Å². The van der Waals surface area contributed by atoms with E-state index in [2.05, 4.69) is 5.32 Å². The number of benzene rings is 1. The molecule has 1 aromatic carbocycles. The van der Waals surface area contributed by atoms with E-state index in [1.807, 2.05) is 6.92 Å². The lowest BCUT2D eigenvalue weighted by Gasteiger charge is -2.24. The highest BCUT2D eigenvalue weighted by atomic mass is 19.1. The van der Waals surface area contributed by atoms with Gasteiger partial charge < -0.3 is 4.90 Å². The summed E-state index contributed by atoms with van der Waals surface area (Å²) in [4.78, 5) is 14.1. The molecule has 1 heterocycles. The number of rotatable bonds is 4.